The third-order valence-corrected chi connectivity index (χ3v) is 3.33. The summed E-state index contributed by atoms with van der Waals surface area (Å²) in [6.07, 6.45) is 0.680. The smallest absolute Gasteiger partial charge is 0.254 e. The lowest BCUT2D eigenvalue weighted by Gasteiger charge is -2.46. The molecule has 0 atom stereocenters. The molecule has 0 radical (unpaired) electrons. The van der Waals surface area contributed by atoms with E-state index >= 15 is 0 Å². The Labute approximate surface area is 101 Å². The second kappa shape index (κ2) is 4.47. The summed E-state index contributed by atoms with van der Waals surface area (Å²) in [4.78, 5) is 13.7. The summed E-state index contributed by atoms with van der Waals surface area (Å²) in [6.45, 7) is 3.21. The van der Waals surface area contributed by atoms with Crippen LogP contribution < -0.4 is 5.73 Å². The van der Waals surface area contributed by atoms with Crippen LogP contribution in [0.5, 0.6) is 0 Å². The number of nitrogens with zero attached hydrogens (tertiary/aromatic N) is 1. The van der Waals surface area contributed by atoms with Gasteiger partial charge < -0.3 is 15.7 Å². The molecule has 1 saturated heterocycles. The lowest BCUT2D eigenvalue weighted by Crippen LogP contribution is -2.63. The van der Waals surface area contributed by atoms with Crippen molar-refractivity contribution in [2.75, 3.05) is 13.1 Å². The number of benzene rings is 1. The number of likely N-dealkylation sites (tertiary alicyclic amines) is 1. The summed E-state index contributed by atoms with van der Waals surface area (Å²) in [5.74, 6) is -0.0292. The van der Waals surface area contributed by atoms with Gasteiger partial charge in [-0.05, 0) is 24.1 Å². The Morgan fingerprint density at radius 3 is 2.82 bits per heavy atom. The molecule has 1 aliphatic heterocycles. The molecule has 1 aromatic carbocycles. The van der Waals surface area contributed by atoms with Crippen LogP contribution in [-0.4, -0.2) is 34.6 Å². The first-order valence-electron chi connectivity index (χ1n) is 5.88. The van der Waals surface area contributed by atoms with E-state index in [9.17, 15) is 9.90 Å². The van der Waals surface area contributed by atoms with E-state index in [0.29, 0.717) is 31.6 Å². The second-order valence-corrected chi connectivity index (χ2v) is 4.64. The second-order valence-electron chi connectivity index (χ2n) is 4.64. The fraction of sp³-hybridized carbons (Fsp3) is 0.462. The highest BCUT2D eigenvalue weighted by atomic mass is 16.3. The van der Waals surface area contributed by atoms with Gasteiger partial charge in [0, 0.05) is 12.1 Å². The Morgan fingerprint density at radius 1 is 1.53 bits per heavy atom. The molecule has 0 saturated carbocycles. The standard InChI is InChI=1S/C13H18N2O2/c1-2-13(17)8-15(9-13)12(16)11-5-3-4-10(6-11)7-14/h3-6,17H,2,7-9,14H2,1H3. The molecule has 2 rings (SSSR count). The molecule has 4 nitrogen and oxygen atoms in total. The predicted octanol–water partition coefficient (Wildman–Crippen LogP) is 0.742. The summed E-state index contributed by atoms with van der Waals surface area (Å²) in [5.41, 5.74) is 6.45. The molecular formula is C13H18N2O2. The average molecular weight is 234 g/mol. The minimum atomic E-state index is -0.679. The van der Waals surface area contributed by atoms with Crippen LogP contribution >= 0.6 is 0 Å². The van der Waals surface area contributed by atoms with E-state index in [1.54, 1.807) is 11.0 Å². The van der Waals surface area contributed by atoms with E-state index in [1.165, 1.54) is 0 Å². The third kappa shape index (κ3) is 2.33. The number of aliphatic hydroxyl groups is 1. The van der Waals surface area contributed by atoms with Gasteiger partial charge in [0.05, 0.1) is 18.7 Å². The van der Waals surface area contributed by atoms with Crippen molar-refractivity contribution in [2.45, 2.75) is 25.5 Å². The van der Waals surface area contributed by atoms with Crippen molar-refractivity contribution in [3.8, 4) is 0 Å². The largest absolute Gasteiger partial charge is 0.386 e. The quantitative estimate of drug-likeness (QED) is 0.810. The van der Waals surface area contributed by atoms with Gasteiger partial charge in [0.2, 0.25) is 0 Å². The van der Waals surface area contributed by atoms with Gasteiger partial charge in [0.15, 0.2) is 0 Å². The molecule has 1 aromatic rings. The number of hydrogen-bond acceptors (Lipinski definition) is 3. The van der Waals surface area contributed by atoms with Crippen molar-refractivity contribution in [1.82, 2.24) is 4.90 Å². The Morgan fingerprint density at radius 2 is 2.24 bits per heavy atom. The van der Waals surface area contributed by atoms with Crippen LogP contribution in [0.25, 0.3) is 0 Å². The summed E-state index contributed by atoms with van der Waals surface area (Å²) in [6, 6.07) is 7.33. The molecular weight excluding hydrogens is 216 g/mol. The first kappa shape index (κ1) is 12.1. The average Bonchev–Trinajstić information content (AvgIpc) is 2.34. The zero-order valence-corrected chi connectivity index (χ0v) is 10.0. The Bertz CT molecular complexity index is 425. The SMILES string of the molecule is CCC1(O)CN(C(=O)c2cccc(CN)c2)C1. The van der Waals surface area contributed by atoms with E-state index in [-0.39, 0.29) is 5.91 Å². The van der Waals surface area contributed by atoms with Gasteiger partial charge in [-0.2, -0.15) is 0 Å². The summed E-state index contributed by atoms with van der Waals surface area (Å²) >= 11 is 0. The molecule has 92 valence electrons. The number of carbonyl (C=O) groups excluding carboxylic acids is 1. The van der Waals surface area contributed by atoms with E-state index < -0.39 is 5.60 Å². The predicted molar refractivity (Wildman–Crippen MR) is 65.5 cm³/mol. The lowest BCUT2D eigenvalue weighted by atomic mass is 9.90. The highest BCUT2D eigenvalue weighted by molar-refractivity contribution is 5.95. The normalized spacial score (nSPS) is 17.7. The maximum atomic E-state index is 12.1. The molecule has 1 heterocycles. The first-order chi connectivity index (χ1) is 8.08. The molecule has 1 amide bonds. The number of amides is 1. The number of carbonyl (C=O) groups is 1. The Balaban J connectivity index is 2.06. The maximum absolute atomic E-state index is 12.1. The minimum absolute atomic E-state index is 0.0292. The van der Waals surface area contributed by atoms with Crippen molar-refractivity contribution in [1.29, 1.82) is 0 Å². The van der Waals surface area contributed by atoms with E-state index in [1.807, 2.05) is 25.1 Å². The van der Waals surface area contributed by atoms with E-state index in [2.05, 4.69) is 0 Å². The number of β-amino-alcohol motifs (C(OH)–C–C–N with tert-alkyl or cyclic N) is 1. The van der Waals surface area contributed by atoms with Crippen LogP contribution in [0.3, 0.4) is 0 Å². The number of hydrogen-bond donors (Lipinski definition) is 2. The fourth-order valence-electron chi connectivity index (χ4n) is 2.05. The minimum Gasteiger partial charge on any atom is -0.386 e. The fourth-order valence-corrected chi connectivity index (χ4v) is 2.05. The molecule has 0 aliphatic carbocycles. The third-order valence-electron chi connectivity index (χ3n) is 3.33. The molecule has 0 unspecified atom stereocenters. The molecule has 0 spiro atoms. The van der Waals surface area contributed by atoms with Gasteiger partial charge in [-0.1, -0.05) is 19.1 Å². The van der Waals surface area contributed by atoms with Crippen molar-refractivity contribution in [3.05, 3.63) is 35.4 Å². The highest BCUT2D eigenvalue weighted by Gasteiger charge is 2.42. The molecule has 3 N–H and O–H groups in total. The molecule has 1 fully saturated rings. The lowest BCUT2D eigenvalue weighted by molar-refractivity contribution is -0.0826. The van der Waals surface area contributed by atoms with Gasteiger partial charge in [0.1, 0.15) is 0 Å². The maximum Gasteiger partial charge on any atom is 0.254 e. The Kier molecular flexibility index (Phi) is 3.17. The van der Waals surface area contributed by atoms with Crippen LogP contribution in [0.1, 0.15) is 29.3 Å². The van der Waals surface area contributed by atoms with Crippen molar-refractivity contribution in [2.24, 2.45) is 5.73 Å². The molecule has 0 aromatic heterocycles. The van der Waals surface area contributed by atoms with Gasteiger partial charge in [-0.3, -0.25) is 4.79 Å². The van der Waals surface area contributed by atoms with Crippen LogP contribution in [-0.2, 0) is 6.54 Å². The summed E-state index contributed by atoms with van der Waals surface area (Å²) in [5, 5.41) is 9.87. The summed E-state index contributed by atoms with van der Waals surface area (Å²) < 4.78 is 0. The van der Waals surface area contributed by atoms with Crippen molar-refractivity contribution < 1.29 is 9.90 Å². The Hall–Kier alpha value is -1.39. The van der Waals surface area contributed by atoms with Gasteiger partial charge in [-0.25, -0.2) is 0 Å². The molecule has 4 heteroatoms. The number of nitrogens with two attached hydrogens (primary N) is 1. The van der Waals surface area contributed by atoms with Gasteiger partial charge in [-0.15, -0.1) is 0 Å². The van der Waals surface area contributed by atoms with Crippen molar-refractivity contribution in [3.63, 3.8) is 0 Å². The first-order valence-corrected chi connectivity index (χ1v) is 5.88. The van der Waals surface area contributed by atoms with Crippen LogP contribution in [0.4, 0.5) is 0 Å². The van der Waals surface area contributed by atoms with Gasteiger partial charge >= 0.3 is 0 Å². The van der Waals surface area contributed by atoms with Crippen molar-refractivity contribution >= 4 is 5.91 Å². The monoisotopic (exact) mass is 234 g/mol. The molecule has 0 bridgehead atoms. The number of rotatable bonds is 3. The van der Waals surface area contributed by atoms with Crippen LogP contribution in [0.15, 0.2) is 24.3 Å². The summed E-state index contributed by atoms with van der Waals surface area (Å²) in [7, 11) is 0. The van der Waals surface area contributed by atoms with Crippen LogP contribution in [0.2, 0.25) is 0 Å². The molecule has 1 aliphatic rings. The van der Waals surface area contributed by atoms with Crippen LogP contribution in [0, 0.1) is 0 Å². The van der Waals surface area contributed by atoms with E-state index in [4.69, 9.17) is 5.73 Å². The van der Waals surface area contributed by atoms with E-state index in [0.717, 1.165) is 5.56 Å². The van der Waals surface area contributed by atoms with Gasteiger partial charge in [0.25, 0.3) is 5.91 Å². The highest BCUT2D eigenvalue weighted by Crippen LogP contribution is 2.25. The zero-order valence-electron chi connectivity index (χ0n) is 10.0. The molecule has 17 heavy (non-hydrogen) atoms. The zero-order chi connectivity index (χ0) is 12.5. The topological polar surface area (TPSA) is 66.6 Å².